The van der Waals surface area contributed by atoms with E-state index in [1.807, 2.05) is 4.72 Å². The molecule has 2 aromatic carbocycles. The largest absolute Gasteiger partial charge is 0.478 e. The van der Waals surface area contributed by atoms with E-state index in [4.69, 9.17) is 5.11 Å². The van der Waals surface area contributed by atoms with Gasteiger partial charge in [-0.25, -0.2) is 22.0 Å². The van der Waals surface area contributed by atoms with Crippen molar-refractivity contribution in [2.45, 2.75) is 4.90 Å². The highest BCUT2D eigenvalue weighted by Crippen LogP contribution is 2.20. The average Bonchev–Trinajstić information content (AvgIpc) is 2.41. The van der Waals surface area contributed by atoms with Crippen LogP contribution in [0.2, 0.25) is 0 Å². The van der Waals surface area contributed by atoms with Crippen molar-refractivity contribution in [2.75, 3.05) is 4.72 Å². The highest BCUT2D eigenvalue weighted by atomic mass is 32.2. The maximum atomic E-state index is 13.7. The van der Waals surface area contributed by atoms with Crippen LogP contribution in [0, 0.1) is 11.6 Å². The van der Waals surface area contributed by atoms with Crippen molar-refractivity contribution in [1.82, 2.24) is 0 Å². The third-order valence-corrected chi connectivity index (χ3v) is 3.97. The summed E-state index contributed by atoms with van der Waals surface area (Å²) < 4.78 is 52.3. The van der Waals surface area contributed by atoms with E-state index in [1.54, 1.807) is 0 Å². The van der Waals surface area contributed by atoms with E-state index >= 15 is 0 Å². The molecule has 0 aliphatic heterocycles. The molecule has 0 amide bonds. The Morgan fingerprint density at radius 2 is 1.67 bits per heavy atom. The predicted molar refractivity (Wildman–Crippen MR) is 70.6 cm³/mol. The quantitative estimate of drug-likeness (QED) is 0.908. The molecule has 8 heteroatoms. The standard InChI is InChI=1S/C13H9F2NO4S/c14-9-2-4-10(5-3-9)21(19,20)16-12-6-1-8(13(17)18)7-11(12)15/h1-7,16H,(H,17,18). The maximum absolute atomic E-state index is 13.7. The second kappa shape index (κ2) is 5.49. The molecule has 0 fully saturated rings. The van der Waals surface area contributed by atoms with Crippen molar-refractivity contribution in [3.8, 4) is 0 Å². The van der Waals surface area contributed by atoms with E-state index in [0.29, 0.717) is 6.07 Å². The molecule has 2 rings (SSSR count). The summed E-state index contributed by atoms with van der Waals surface area (Å²) in [6.07, 6.45) is 0. The summed E-state index contributed by atoms with van der Waals surface area (Å²) in [5.41, 5.74) is -0.707. The summed E-state index contributed by atoms with van der Waals surface area (Å²) in [7, 11) is -4.09. The third kappa shape index (κ3) is 3.34. The smallest absolute Gasteiger partial charge is 0.335 e. The van der Waals surface area contributed by atoms with Crippen molar-refractivity contribution in [2.24, 2.45) is 0 Å². The number of halogens is 2. The summed E-state index contributed by atoms with van der Waals surface area (Å²) in [6, 6.07) is 6.73. The molecule has 0 unspecified atom stereocenters. The summed E-state index contributed by atoms with van der Waals surface area (Å²) in [6.45, 7) is 0. The second-order valence-electron chi connectivity index (χ2n) is 4.06. The minimum Gasteiger partial charge on any atom is -0.478 e. The molecule has 2 aromatic rings. The van der Waals surface area contributed by atoms with Gasteiger partial charge >= 0.3 is 5.97 Å². The molecule has 21 heavy (non-hydrogen) atoms. The number of aromatic carboxylic acids is 1. The van der Waals surface area contributed by atoms with E-state index in [0.717, 1.165) is 36.4 Å². The molecule has 5 nitrogen and oxygen atoms in total. The van der Waals surface area contributed by atoms with Crippen molar-refractivity contribution in [3.05, 3.63) is 59.7 Å². The Balaban J connectivity index is 2.32. The molecule has 110 valence electrons. The van der Waals surface area contributed by atoms with Gasteiger partial charge in [0.2, 0.25) is 0 Å². The fourth-order valence-electron chi connectivity index (χ4n) is 1.55. The minimum atomic E-state index is -4.09. The van der Waals surface area contributed by atoms with Crippen molar-refractivity contribution in [1.29, 1.82) is 0 Å². The molecule has 0 atom stereocenters. The number of carboxylic acid groups (broad SMARTS) is 1. The Bertz CT molecular complexity index is 788. The van der Waals surface area contributed by atoms with Gasteiger partial charge < -0.3 is 5.11 Å². The van der Waals surface area contributed by atoms with Crippen LogP contribution >= 0.6 is 0 Å². The topological polar surface area (TPSA) is 83.5 Å². The maximum Gasteiger partial charge on any atom is 0.335 e. The number of hydrogen-bond acceptors (Lipinski definition) is 3. The van der Waals surface area contributed by atoms with Gasteiger partial charge in [0, 0.05) is 0 Å². The number of carboxylic acids is 1. The Morgan fingerprint density at radius 1 is 1.05 bits per heavy atom. The normalized spacial score (nSPS) is 11.1. The third-order valence-electron chi connectivity index (χ3n) is 2.58. The summed E-state index contributed by atoms with van der Waals surface area (Å²) >= 11 is 0. The van der Waals surface area contributed by atoms with Gasteiger partial charge in [-0.15, -0.1) is 0 Å². The first kappa shape index (κ1) is 14.9. The summed E-state index contributed by atoms with van der Waals surface area (Å²) in [4.78, 5) is 10.4. The van der Waals surface area contributed by atoms with Gasteiger partial charge in [-0.3, -0.25) is 4.72 Å². The van der Waals surface area contributed by atoms with Crippen LogP contribution < -0.4 is 4.72 Å². The van der Waals surface area contributed by atoms with Gasteiger partial charge in [0.1, 0.15) is 11.6 Å². The van der Waals surface area contributed by atoms with E-state index < -0.39 is 33.3 Å². The van der Waals surface area contributed by atoms with Crippen LogP contribution in [0.25, 0.3) is 0 Å². The summed E-state index contributed by atoms with van der Waals surface area (Å²) in [5.74, 6) is -2.96. The molecule has 0 heterocycles. The van der Waals surface area contributed by atoms with Crippen LogP contribution in [0.4, 0.5) is 14.5 Å². The van der Waals surface area contributed by atoms with Crippen molar-refractivity contribution in [3.63, 3.8) is 0 Å². The fraction of sp³-hybridized carbons (Fsp3) is 0. The molecule has 0 saturated carbocycles. The Kier molecular flexibility index (Phi) is 3.90. The number of carbonyl (C=O) groups is 1. The Labute approximate surface area is 118 Å². The van der Waals surface area contributed by atoms with Gasteiger partial charge in [0.25, 0.3) is 10.0 Å². The van der Waals surface area contributed by atoms with Gasteiger partial charge in [0.05, 0.1) is 16.1 Å². The molecular weight excluding hydrogens is 304 g/mol. The van der Waals surface area contributed by atoms with Gasteiger partial charge in [-0.1, -0.05) is 0 Å². The van der Waals surface area contributed by atoms with E-state index in [2.05, 4.69) is 0 Å². The fourth-order valence-corrected chi connectivity index (χ4v) is 2.62. The van der Waals surface area contributed by atoms with E-state index in [1.165, 1.54) is 0 Å². The van der Waals surface area contributed by atoms with E-state index in [-0.39, 0.29) is 10.5 Å². The average molecular weight is 313 g/mol. The Hall–Kier alpha value is -2.48. The van der Waals surface area contributed by atoms with Crippen LogP contribution in [0.3, 0.4) is 0 Å². The lowest BCUT2D eigenvalue weighted by Crippen LogP contribution is -2.14. The molecule has 2 N–H and O–H groups in total. The van der Waals surface area contributed by atoms with Crippen molar-refractivity contribution < 1.29 is 27.1 Å². The number of rotatable bonds is 4. The molecular formula is C13H9F2NO4S. The second-order valence-corrected chi connectivity index (χ2v) is 5.74. The lowest BCUT2D eigenvalue weighted by molar-refractivity contribution is 0.0696. The van der Waals surface area contributed by atoms with Crippen LogP contribution in [0.15, 0.2) is 47.4 Å². The zero-order valence-electron chi connectivity index (χ0n) is 10.4. The molecule has 0 aromatic heterocycles. The molecule has 0 aliphatic carbocycles. The molecule has 0 spiro atoms. The number of nitrogens with one attached hydrogen (secondary N) is 1. The van der Waals surface area contributed by atoms with Crippen LogP contribution in [0.1, 0.15) is 10.4 Å². The molecule has 0 bridgehead atoms. The monoisotopic (exact) mass is 313 g/mol. The van der Waals surface area contributed by atoms with Crippen molar-refractivity contribution >= 4 is 21.7 Å². The van der Waals surface area contributed by atoms with Crippen LogP contribution in [0.5, 0.6) is 0 Å². The summed E-state index contributed by atoms with van der Waals surface area (Å²) in [5, 5.41) is 8.70. The lowest BCUT2D eigenvalue weighted by Gasteiger charge is -2.09. The molecule has 0 aliphatic rings. The highest BCUT2D eigenvalue weighted by molar-refractivity contribution is 7.92. The van der Waals surface area contributed by atoms with Crippen LogP contribution in [-0.4, -0.2) is 19.5 Å². The number of sulfonamides is 1. The van der Waals surface area contributed by atoms with Crippen LogP contribution in [-0.2, 0) is 10.0 Å². The van der Waals surface area contributed by atoms with Gasteiger partial charge in [-0.2, -0.15) is 0 Å². The first-order valence-corrected chi connectivity index (χ1v) is 7.09. The van der Waals surface area contributed by atoms with Gasteiger partial charge in [-0.05, 0) is 42.5 Å². The zero-order chi connectivity index (χ0) is 15.6. The number of benzene rings is 2. The number of hydrogen-bond donors (Lipinski definition) is 2. The SMILES string of the molecule is O=C(O)c1ccc(NS(=O)(=O)c2ccc(F)cc2)c(F)c1. The predicted octanol–water partition coefficient (Wildman–Crippen LogP) is 2.46. The number of anilines is 1. The Morgan fingerprint density at radius 3 is 2.19 bits per heavy atom. The lowest BCUT2D eigenvalue weighted by atomic mass is 10.2. The highest BCUT2D eigenvalue weighted by Gasteiger charge is 2.17. The zero-order valence-corrected chi connectivity index (χ0v) is 11.2. The first-order valence-electron chi connectivity index (χ1n) is 5.61. The molecule has 0 saturated heterocycles. The first-order chi connectivity index (χ1) is 9.79. The molecule has 0 radical (unpaired) electrons. The van der Waals surface area contributed by atoms with Gasteiger partial charge in [0.15, 0.2) is 0 Å². The minimum absolute atomic E-state index is 0.245. The van der Waals surface area contributed by atoms with E-state index in [9.17, 15) is 22.0 Å².